The molecule has 1 fully saturated rings. The van der Waals surface area contributed by atoms with Gasteiger partial charge in [-0.2, -0.15) is 0 Å². The number of carbonyl (C=O) groups is 4. The molecule has 3 amide bonds. The van der Waals surface area contributed by atoms with Crippen LogP contribution in [0.25, 0.3) is 0 Å². The highest BCUT2D eigenvalue weighted by molar-refractivity contribution is 5.98. The molecule has 1 aromatic rings. The summed E-state index contributed by atoms with van der Waals surface area (Å²) in [6, 6.07) is -0.601. The van der Waals surface area contributed by atoms with E-state index in [9.17, 15) is 19.2 Å². The van der Waals surface area contributed by atoms with E-state index < -0.39 is 48.6 Å². The van der Waals surface area contributed by atoms with Gasteiger partial charge in [-0.3, -0.25) is 19.2 Å². The molecule has 1 saturated heterocycles. The van der Waals surface area contributed by atoms with Gasteiger partial charge in [0.1, 0.15) is 18.2 Å². The lowest BCUT2D eigenvalue weighted by Gasteiger charge is -2.22. The van der Waals surface area contributed by atoms with Gasteiger partial charge in [0.05, 0.1) is 25.8 Å². The maximum atomic E-state index is 12.6. The fourth-order valence-electron chi connectivity index (χ4n) is 2.93. The van der Waals surface area contributed by atoms with E-state index in [2.05, 4.69) is 25.8 Å². The molecule has 0 spiro atoms. The summed E-state index contributed by atoms with van der Waals surface area (Å²) < 4.78 is 19.1. The molecule has 13 heteroatoms. The van der Waals surface area contributed by atoms with E-state index in [4.69, 9.17) is 19.1 Å². The Hall–Kier alpha value is -2.87. The van der Waals surface area contributed by atoms with Crippen molar-refractivity contribution in [2.45, 2.75) is 65.3 Å². The van der Waals surface area contributed by atoms with Crippen LogP contribution >= 0.6 is 0 Å². The lowest BCUT2D eigenvalue weighted by Crippen LogP contribution is -2.53. The van der Waals surface area contributed by atoms with Gasteiger partial charge in [-0.1, -0.05) is 32.9 Å². The Labute approximate surface area is 217 Å². The fraction of sp³-hybridized carbons (Fsp3) is 0.708. The number of aliphatic hydroxyl groups is 1. The number of Topliss-reactive ketones (excluding diaryl/α,β-unsaturated/α-hetero) is 1. The molecule has 1 aliphatic rings. The number of hydrogen-bond acceptors (Lipinski definition) is 10. The first-order chi connectivity index (χ1) is 17.5. The minimum absolute atomic E-state index is 0.0931. The van der Waals surface area contributed by atoms with E-state index in [1.165, 1.54) is 13.2 Å². The topological polar surface area (TPSA) is 182 Å². The lowest BCUT2D eigenvalue weighted by atomic mass is 9.93. The highest BCUT2D eigenvalue weighted by Crippen LogP contribution is 2.29. The summed E-state index contributed by atoms with van der Waals surface area (Å²) in [7, 11) is 4.60. The largest absolute Gasteiger partial charge is 0.388 e. The van der Waals surface area contributed by atoms with Gasteiger partial charge in [-0.05, 0) is 19.3 Å². The van der Waals surface area contributed by atoms with Crippen molar-refractivity contribution < 1.29 is 43.0 Å². The number of aromatic nitrogens is 1. The molecule has 37 heavy (non-hydrogen) atoms. The summed E-state index contributed by atoms with van der Waals surface area (Å²) in [6.07, 6.45) is 0.438. The summed E-state index contributed by atoms with van der Waals surface area (Å²) in [5.41, 5.74) is -0.993. The molecule has 0 bridgehead atoms. The fourth-order valence-corrected chi connectivity index (χ4v) is 2.93. The molecule has 212 valence electrons. The van der Waals surface area contributed by atoms with Gasteiger partial charge in [0.15, 0.2) is 17.2 Å². The molecule has 13 nitrogen and oxygen atoms in total. The van der Waals surface area contributed by atoms with Crippen molar-refractivity contribution in [2.24, 2.45) is 5.92 Å². The van der Waals surface area contributed by atoms with Crippen LogP contribution in [0.2, 0.25) is 0 Å². The van der Waals surface area contributed by atoms with Gasteiger partial charge in [0, 0.05) is 27.4 Å². The van der Waals surface area contributed by atoms with E-state index >= 15 is 0 Å². The predicted octanol–water partition coefficient (Wildman–Crippen LogP) is 0.206. The SMILES string of the molecule is CC.COC.COC[C@H](NC(=O)c1cc(CO)on1)C(=O)NCC(=O)N[C@@H](CC(C)C)C(=O)[C@@]1(C)CO1. The first-order valence-electron chi connectivity index (χ1n) is 12.0. The molecule has 4 N–H and O–H groups in total. The quantitative estimate of drug-likeness (QED) is 0.257. The number of epoxide rings is 1. The number of nitrogens with zero attached hydrogens (tertiary/aromatic N) is 1. The predicted molar refractivity (Wildman–Crippen MR) is 134 cm³/mol. The van der Waals surface area contributed by atoms with Gasteiger partial charge in [-0.25, -0.2) is 0 Å². The van der Waals surface area contributed by atoms with Crippen molar-refractivity contribution >= 4 is 23.5 Å². The smallest absolute Gasteiger partial charge is 0.274 e. The normalized spacial score (nSPS) is 17.2. The van der Waals surface area contributed by atoms with E-state index in [0.29, 0.717) is 13.0 Å². The first kappa shape index (κ1) is 34.1. The van der Waals surface area contributed by atoms with Gasteiger partial charge in [0.25, 0.3) is 5.91 Å². The van der Waals surface area contributed by atoms with E-state index in [1.54, 1.807) is 21.1 Å². The zero-order chi connectivity index (χ0) is 28.6. The number of ketones is 1. The Morgan fingerprint density at radius 1 is 1.14 bits per heavy atom. The number of methoxy groups -OCH3 is 2. The number of aliphatic hydroxyl groups excluding tert-OH is 1. The minimum atomic E-state index is -1.11. The molecular weight excluding hydrogens is 488 g/mol. The number of rotatable bonds is 13. The molecule has 2 rings (SSSR count). The van der Waals surface area contributed by atoms with Crippen molar-refractivity contribution in [2.75, 3.05) is 41.1 Å². The Balaban J connectivity index is 0.00000241. The number of nitrogens with one attached hydrogen (secondary N) is 3. The van der Waals surface area contributed by atoms with Crippen LogP contribution in [0.15, 0.2) is 10.6 Å². The Kier molecular flexibility index (Phi) is 16.2. The summed E-state index contributed by atoms with van der Waals surface area (Å²) in [4.78, 5) is 49.7. The van der Waals surface area contributed by atoms with Crippen LogP contribution in [0.3, 0.4) is 0 Å². The monoisotopic (exact) mass is 530 g/mol. The van der Waals surface area contributed by atoms with Gasteiger partial charge in [0.2, 0.25) is 11.8 Å². The van der Waals surface area contributed by atoms with E-state index in [1.807, 2.05) is 27.7 Å². The molecule has 0 saturated carbocycles. The average molecular weight is 531 g/mol. The van der Waals surface area contributed by atoms with Crippen LogP contribution < -0.4 is 16.0 Å². The lowest BCUT2D eigenvalue weighted by molar-refractivity contribution is -0.131. The van der Waals surface area contributed by atoms with Crippen molar-refractivity contribution in [1.29, 1.82) is 0 Å². The van der Waals surface area contributed by atoms with Crippen LogP contribution in [0.1, 0.15) is 57.3 Å². The first-order valence-corrected chi connectivity index (χ1v) is 12.0. The molecule has 0 aromatic carbocycles. The van der Waals surface area contributed by atoms with Crippen molar-refractivity contribution in [1.82, 2.24) is 21.1 Å². The van der Waals surface area contributed by atoms with Crippen LogP contribution in [0, 0.1) is 5.92 Å². The van der Waals surface area contributed by atoms with Crippen LogP contribution in [-0.4, -0.2) is 92.5 Å². The second kappa shape index (κ2) is 17.6. The van der Waals surface area contributed by atoms with Gasteiger partial charge in [-0.15, -0.1) is 0 Å². The molecule has 1 aromatic heterocycles. The summed E-state index contributed by atoms with van der Waals surface area (Å²) in [5, 5.41) is 20.0. The van der Waals surface area contributed by atoms with Crippen LogP contribution in [0.4, 0.5) is 0 Å². The third-order valence-electron chi connectivity index (χ3n) is 4.78. The minimum Gasteiger partial charge on any atom is -0.388 e. The second-order valence-corrected chi connectivity index (χ2v) is 8.58. The standard InChI is InChI=1S/C20H30N4O8.C2H6O.C2H6/c1-11(2)5-13(17(27)20(3)10-31-20)22-16(26)7-21-18(28)15(9-30-4)23-19(29)14-6-12(8-25)32-24-14;1-3-2;1-2/h6,11,13,15,25H,5,7-10H2,1-4H3,(H,21,28)(H,22,26)(H,23,29);1-2H3;1-2H3/t13-,15-,20+;;/m0../s1. The van der Waals surface area contributed by atoms with Crippen molar-refractivity contribution in [3.8, 4) is 0 Å². The third kappa shape index (κ3) is 12.3. The average Bonchev–Trinajstić information content (AvgIpc) is 3.42. The highest BCUT2D eigenvalue weighted by atomic mass is 16.6. The number of hydrogen-bond donors (Lipinski definition) is 4. The number of carbonyl (C=O) groups excluding carboxylic acids is 4. The molecule has 3 atom stereocenters. The molecule has 2 heterocycles. The highest BCUT2D eigenvalue weighted by Gasteiger charge is 2.50. The second-order valence-electron chi connectivity index (χ2n) is 8.58. The van der Waals surface area contributed by atoms with Crippen molar-refractivity contribution in [3.05, 3.63) is 17.5 Å². The van der Waals surface area contributed by atoms with Crippen molar-refractivity contribution in [3.63, 3.8) is 0 Å². The molecule has 0 unspecified atom stereocenters. The third-order valence-corrected chi connectivity index (χ3v) is 4.78. The molecule has 0 aliphatic carbocycles. The van der Waals surface area contributed by atoms with E-state index in [-0.39, 0.29) is 29.8 Å². The summed E-state index contributed by atoms with van der Waals surface area (Å²) in [5.74, 6) is -1.87. The maximum absolute atomic E-state index is 12.6. The Bertz CT molecular complexity index is 853. The summed E-state index contributed by atoms with van der Waals surface area (Å²) >= 11 is 0. The van der Waals surface area contributed by atoms with Crippen LogP contribution in [0.5, 0.6) is 0 Å². The number of amides is 3. The maximum Gasteiger partial charge on any atom is 0.274 e. The Morgan fingerprint density at radius 3 is 2.19 bits per heavy atom. The number of ether oxygens (including phenoxy) is 3. The zero-order valence-corrected chi connectivity index (χ0v) is 23.0. The molecule has 0 radical (unpaired) electrons. The zero-order valence-electron chi connectivity index (χ0n) is 23.0. The summed E-state index contributed by atoms with van der Waals surface area (Å²) in [6.45, 7) is 8.87. The van der Waals surface area contributed by atoms with Gasteiger partial charge < -0.3 is 39.8 Å². The Morgan fingerprint density at radius 2 is 1.73 bits per heavy atom. The van der Waals surface area contributed by atoms with Gasteiger partial charge >= 0.3 is 0 Å². The molecule has 1 aliphatic heterocycles. The van der Waals surface area contributed by atoms with Crippen LogP contribution in [-0.2, 0) is 35.2 Å². The van der Waals surface area contributed by atoms with E-state index in [0.717, 1.165) is 0 Å². The molecular formula is C24H42N4O9.